The summed E-state index contributed by atoms with van der Waals surface area (Å²) >= 11 is 5.86. The van der Waals surface area contributed by atoms with Crippen molar-refractivity contribution in [1.82, 2.24) is 15.5 Å². The zero-order chi connectivity index (χ0) is 18.5. The van der Waals surface area contributed by atoms with E-state index in [2.05, 4.69) is 15.5 Å². The van der Waals surface area contributed by atoms with Crippen molar-refractivity contribution in [2.75, 3.05) is 6.61 Å². The number of carbonyl (C=O) groups excluding carboxylic acids is 1. The van der Waals surface area contributed by atoms with E-state index in [1.807, 2.05) is 32.0 Å². The largest absolute Gasteiger partial charge is 0.484 e. The normalized spacial score (nSPS) is 10.6. The summed E-state index contributed by atoms with van der Waals surface area (Å²) in [5, 5.41) is 7.22. The van der Waals surface area contributed by atoms with E-state index in [-0.39, 0.29) is 19.1 Å². The van der Waals surface area contributed by atoms with Gasteiger partial charge >= 0.3 is 0 Å². The molecule has 0 radical (unpaired) electrons. The molecule has 1 heterocycles. The maximum atomic E-state index is 11.9. The molecule has 3 aromatic rings. The van der Waals surface area contributed by atoms with Crippen LogP contribution in [-0.4, -0.2) is 22.7 Å². The maximum absolute atomic E-state index is 11.9. The first-order valence-electron chi connectivity index (χ1n) is 8.06. The Labute approximate surface area is 156 Å². The van der Waals surface area contributed by atoms with E-state index in [4.69, 9.17) is 20.9 Å². The molecule has 1 amide bonds. The first-order chi connectivity index (χ1) is 12.5. The van der Waals surface area contributed by atoms with Gasteiger partial charge in [-0.2, -0.15) is 4.98 Å². The summed E-state index contributed by atoms with van der Waals surface area (Å²) in [7, 11) is 0. The highest BCUT2D eigenvalue weighted by Crippen LogP contribution is 2.19. The highest BCUT2D eigenvalue weighted by molar-refractivity contribution is 6.30. The summed E-state index contributed by atoms with van der Waals surface area (Å²) in [6, 6.07) is 12.9. The fourth-order valence-electron chi connectivity index (χ4n) is 2.37. The van der Waals surface area contributed by atoms with E-state index in [0.29, 0.717) is 22.5 Å². The average molecular weight is 372 g/mol. The van der Waals surface area contributed by atoms with Crippen LogP contribution in [0.2, 0.25) is 5.02 Å². The van der Waals surface area contributed by atoms with E-state index in [0.717, 1.165) is 16.7 Å². The lowest BCUT2D eigenvalue weighted by Crippen LogP contribution is -2.28. The number of aromatic nitrogens is 2. The van der Waals surface area contributed by atoms with Crippen LogP contribution in [0, 0.1) is 13.8 Å². The van der Waals surface area contributed by atoms with Crippen LogP contribution >= 0.6 is 11.6 Å². The van der Waals surface area contributed by atoms with Crippen LogP contribution in [0.5, 0.6) is 5.75 Å². The molecule has 3 rings (SSSR count). The Morgan fingerprint density at radius 1 is 1.19 bits per heavy atom. The fourth-order valence-corrected chi connectivity index (χ4v) is 2.50. The van der Waals surface area contributed by atoms with E-state index < -0.39 is 0 Å². The standard InChI is InChI=1S/C19H18ClN3O3/c1-12-3-8-16(13(2)9-12)25-11-17(24)21-10-18-22-19(23-26-18)14-4-6-15(20)7-5-14/h3-9H,10-11H2,1-2H3,(H,21,24). The summed E-state index contributed by atoms with van der Waals surface area (Å²) in [6.45, 7) is 4.00. The Kier molecular flexibility index (Phi) is 5.53. The number of amides is 1. The zero-order valence-corrected chi connectivity index (χ0v) is 15.2. The van der Waals surface area contributed by atoms with Gasteiger partial charge in [-0.15, -0.1) is 0 Å². The van der Waals surface area contributed by atoms with Crippen molar-refractivity contribution in [3.05, 3.63) is 64.5 Å². The summed E-state index contributed by atoms with van der Waals surface area (Å²) in [5.74, 6) is 1.18. The monoisotopic (exact) mass is 371 g/mol. The highest BCUT2D eigenvalue weighted by atomic mass is 35.5. The number of hydrogen-bond acceptors (Lipinski definition) is 5. The minimum absolute atomic E-state index is 0.0813. The van der Waals surface area contributed by atoms with Crippen LogP contribution in [0.1, 0.15) is 17.0 Å². The molecule has 0 saturated carbocycles. The summed E-state index contributed by atoms with van der Waals surface area (Å²) < 4.78 is 10.7. The Hall–Kier alpha value is -2.86. The van der Waals surface area contributed by atoms with Gasteiger partial charge in [0.15, 0.2) is 6.61 Å². The number of benzene rings is 2. The summed E-state index contributed by atoms with van der Waals surface area (Å²) in [4.78, 5) is 16.2. The average Bonchev–Trinajstić information content (AvgIpc) is 3.09. The summed E-state index contributed by atoms with van der Waals surface area (Å²) in [6.07, 6.45) is 0. The lowest BCUT2D eigenvalue weighted by molar-refractivity contribution is -0.123. The second-order valence-corrected chi connectivity index (χ2v) is 6.29. The Bertz CT molecular complexity index is 907. The Balaban J connectivity index is 1.51. The SMILES string of the molecule is Cc1ccc(OCC(=O)NCc2nc(-c3ccc(Cl)cc3)no2)c(C)c1. The molecule has 0 aliphatic rings. The topological polar surface area (TPSA) is 77.2 Å². The Morgan fingerprint density at radius 2 is 1.96 bits per heavy atom. The molecule has 0 bridgehead atoms. The molecule has 134 valence electrons. The van der Waals surface area contributed by atoms with Crippen LogP contribution in [0.25, 0.3) is 11.4 Å². The zero-order valence-electron chi connectivity index (χ0n) is 14.5. The molecular formula is C19H18ClN3O3. The number of nitrogens with zero attached hydrogens (tertiary/aromatic N) is 2. The number of nitrogens with one attached hydrogen (secondary N) is 1. The third-order valence-electron chi connectivity index (χ3n) is 3.70. The lowest BCUT2D eigenvalue weighted by Gasteiger charge is -2.09. The van der Waals surface area contributed by atoms with E-state index in [1.54, 1.807) is 24.3 Å². The number of rotatable bonds is 6. The predicted octanol–water partition coefficient (Wildman–Crippen LogP) is 3.70. The van der Waals surface area contributed by atoms with Crippen molar-refractivity contribution in [2.45, 2.75) is 20.4 Å². The molecule has 0 fully saturated rings. The molecule has 1 aromatic heterocycles. The molecule has 0 aliphatic heterocycles. The van der Waals surface area contributed by atoms with Crippen molar-refractivity contribution in [2.24, 2.45) is 0 Å². The predicted molar refractivity (Wildman–Crippen MR) is 98.0 cm³/mol. The van der Waals surface area contributed by atoms with Crippen molar-refractivity contribution in [3.63, 3.8) is 0 Å². The van der Waals surface area contributed by atoms with Gasteiger partial charge in [-0.3, -0.25) is 4.79 Å². The van der Waals surface area contributed by atoms with Crippen LogP contribution in [0.3, 0.4) is 0 Å². The second kappa shape index (κ2) is 8.01. The van der Waals surface area contributed by atoms with Crippen LogP contribution in [0.4, 0.5) is 0 Å². The highest BCUT2D eigenvalue weighted by Gasteiger charge is 2.11. The van der Waals surface area contributed by atoms with Gasteiger partial charge in [-0.1, -0.05) is 34.5 Å². The second-order valence-electron chi connectivity index (χ2n) is 5.85. The number of aryl methyl sites for hydroxylation is 2. The molecule has 0 spiro atoms. The van der Waals surface area contributed by atoms with Gasteiger partial charge in [0.05, 0.1) is 6.54 Å². The molecule has 0 aliphatic carbocycles. The maximum Gasteiger partial charge on any atom is 0.258 e. The van der Waals surface area contributed by atoms with Gasteiger partial charge < -0.3 is 14.6 Å². The van der Waals surface area contributed by atoms with E-state index in [1.165, 1.54) is 0 Å². The van der Waals surface area contributed by atoms with Crippen molar-refractivity contribution >= 4 is 17.5 Å². The lowest BCUT2D eigenvalue weighted by atomic mass is 10.1. The van der Waals surface area contributed by atoms with Gasteiger partial charge in [0, 0.05) is 10.6 Å². The third-order valence-corrected chi connectivity index (χ3v) is 3.95. The van der Waals surface area contributed by atoms with Gasteiger partial charge in [-0.05, 0) is 49.7 Å². The smallest absolute Gasteiger partial charge is 0.258 e. The minimum Gasteiger partial charge on any atom is -0.484 e. The van der Waals surface area contributed by atoms with Gasteiger partial charge in [0.25, 0.3) is 5.91 Å². The summed E-state index contributed by atoms with van der Waals surface area (Å²) in [5.41, 5.74) is 2.92. The van der Waals surface area contributed by atoms with Crippen LogP contribution in [0.15, 0.2) is 47.0 Å². The quantitative estimate of drug-likeness (QED) is 0.714. The molecular weight excluding hydrogens is 354 g/mol. The third kappa shape index (κ3) is 4.61. The van der Waals surface area contributed by atoms with Crippen molar-refractivity contribution in [1.29, 1.82) is 0 Å². The van der Waals surface area contributed by atoms with Crippen LogP contribution < -0.4 is 10.1 Å². The first kappa shape index (κ1) is 17.9. The van der Waals surface area contributed by atoms with Gasteiger partial charge in [0.1, 0.15) is 5.75 Å². The molecule has 1 N–H and O–H groups in total. The molecule has 26 heavy (non-hydrogen) atoms. The van der Waals surface area contributed by atoms with E-state index >= 15 is 0 Å². The molecule has 0 unspecified atom stereocenters. The molecule has 0 saturated heterocycles. The molecule has 7 heteroatoms. The Morgan fingerprint density at radius 3 is 2.69 bits per heavy atom. The minimum atomic E-state index is -0.267. The molecule has 2 aromatic carbocycles. The number of ether oxygens (including phenoxy) is 1. The molecule has 6 nitrogen and oxygen atoms in total. The number of halogens is 1. The van der Waals surface area contributed by atoms with Crippen molar-refractivity contribution in [3.8, 4) is 17.1 Å². The van der Waals surface area contributed by atoms with Gasteiger partial charge in [0.2, 0.25) is 11.7 Å². The fraction of sp³-hybridized carbons (Fsp3) is 0.211. The number of carbonyl (C=O) groups is 1. The van der Waals surface area contributed by atoms with Crippen molar-refractivity contribution < 1.29 is 14.1 Å². The number of hydrogen-bond donors (Lipinski definition) is 1. The molecule has 0 atom stereocenters. The van der Waals surface area contributed by atoms with Crippen LogP contribution in [-0.2, 0) is 11.3 Å². The van der Waals surface area contributed by atoms with Gasteiger partial charge in [-0.25, -0.2) is 0 Å². The van der Waals surface area contributed by atoms with E-state index in [9.17, 15) is 4.79 Å². The first-order valence-corrected chi connectivity index (χ1v) is 8.44.